The number of hydrogen-bond donors (Lipinski definition) is 2. The maximum Gasteiger partial charge on any atom is 0.190 e. The molecule has 26 heavy (non-hydrogen) atoms. The normalized spacial score (nSPS) is 11.4. The minimum Gasteiger partial charge on any atom is -0.497 e. The average molecular weight is 380 g/mol. The highest BCUT2D eigenvalue weighted by molar-refractivity contribution is 6.31. The van der Waals surface area contributed by atoms with Crippen molar-refractivity contribution in [2.45, 2.75) is 19.4 Å². The summed E-state index contributed by atoms with van der Waals surface area (Å²) in [5.41, 5.74) is 1.07. The Morgan fingerprint density at radius 2 is 2.08 bits per heavy atom. The molecule has 2 aromatic rings. The van der Waals surface area contributed by atoms with Gasteiger partial charge in [0.2, 0.25) is 0 Å². The summed E-state index contributed by atoms with van der Waals surface area (Å²) >= 11 is 6.25. The molecule has 6 nitrogen and oxygen atoms in total. The zero-order chi connectivity index (χ0) is 18.6. The van der Waals surface area contributed by atoms with Gasteiger partial charge in [-0.05, 0) is 42.7 Å². The van der Waals surface area contributed by atoms with Gasteiger partial charge in [0.25, 0.3) is 0 Å². The summed E-state index contributed by atoms with van der Waals surface area (Å²) in [6, 6.07) is 9.48. The Labute approximate surface area is 159 Å². The molecule has 0 atom stereocenters. The molecule has 0 saturated carbocycles. The fourth-order valence-corrected chi connectivity index (χ4v) is 2.61. The summed E-state index contributed by atoms with van der Waals surface area (Å²) in [5, 5.41) is 7.26. The lowest BCUT2D eigenvalue weighted by molar-refractivity contribution is 0.105. The molecule has 0 bridgehead atoms. The van der Waals surface area contributed by atoms with E-state index in [0.29, 0.717) is 18.2 Å². The standard InChI is InChI=1S/C19H26ClN3O3/c1-21-19(22-9-4-11-25-14-17-5-3-12-26-17)23-10-8-15-6-7-16(24-2)13-18(15)20/h3,5-7,12-13H,4,8-11,14H2,1-2H3,(H2,21,22,23). The Balaban J connectivity index is 1.59. The fraction of sp³-hybridized carbons (Fsp3) is 0.421. The number of furan rings is 1. The van der Waals surface area contributed by atoms with Crippen LogP contribution in [0.5, 0.6) is 5.75 Å². The summed E-state index contributed by atoms with van der Waals surface area (Å²) in [6.45, 7) is 2.68. The van der Waals surface area contributed by atoms with Gasteiger partial charge in [0.05, 0.1) is 13.4 Å². The van der Waals surface area contributed by atoms with Crippen molar-refractivity contribution in [2.75, 3.05) is 33.9 Å². The van der Waals surface area contributed by atoms with Gasteiger partial charge in [-0.2, -0.15) is 0 Å². The van der Waals surface area contributed by atoms with E-state index in [4.69, 9.17) is 25.5 Å². The highest BCUT2D eigenvalue weighted by Crippen LogP contribution is 2.22. The number of benzene rings is 1. The molecule has 0 aliphatic carbocycles. The van der Waals surface area contributed by atoms with Crippen molar-refractivity contribution in [3.63, 3.8) is 0 Å². The molecule has 0 saturated heterocycles. The lowest BCUT2D eigenvalue weighted by Gasteiger charge is -2.12. The van der Waals surface area contributed by atoms with Crippen LogP contribution in [0.4, 0.5) is 0 Å². The lowest BCUT2D eigenvalue weighted by atomic mass is 10.1. The van der Waals surface area contributed by atoms with Gasteiger partial charge < -0.3 is 24.5 Å². The van der Waals surface area contributed by atoms with Crippen molar-refractivity contribution in [1.82, 2.24) is 10.6 Å². The van der Waals surface area contributed by atoms with Gasteiger partial charge in [-0.3, -0.25) is 4.99 Å². The van der Waals surface area contributed by atoms with Crippen LogP contribution in [0.3, 0.4) is 0 Å². The van der Waals surface area contributed by atoms with Gasteiger partial charge in [-0.1, -0.05) is 17.7 Å². The second-order valence-electron chi connectivity index (χ2n) is 5.62. The van der Waals surface area contributed by atoms with Crippen LogP contribution in [0.25, 0.3) is 0 Å². The smallest absolute Gasteiger partial charge is 0.190 e. The lowest BCUT2D eigenvalue weighted by Crippen LogP contribution is -2.39. The number of nitrogens with one attached hydrogen (secondary N) is 2. The maximum atomic E-state index is 6.25. The third kappa shape index (κ3) is 6.98. The zero-order valence-corrected chi connectivity index (χ0v) is 16.0. The number of hydrogen-bond acceptors (Lipinski definition) is 4. The number of ether oxygens (including phenoxy) is 2. The molecule has 7 heteroatoms. The van der Waals surface area contributed by atoms with Crippen molar-refractivity contribution in [3.05, 3.63) is 52.9 Å². The summed E-state index contributed by atoms with van der Waals surface area (Å²) in [6.07, 6.45) is 3.33. The molecule has 2 rings (SSSR count). The fourth-order valence-electron chi connectivity index (χ4n) is 2.34. The van der Waals surface area contributed by atoms with Crippen LogP contribution in [0.2, 0.25) is 5.02 Å². The van der Waals surface area contributed by atoms with E-state index in [2.05, 4.69) is 15.6 Å². The Morgan fingerprint density at radius 1 is 1.23 bits per heavy atom. The predicted molar refractivity (Wildman–Crippen MR) is 104 cm³/mol. The molecule has 2 N–H and O–H groups in total. The second kappa shape index (κ2) is 11.4. The largest absolute Gasteiger partial charge is 0.497 e. The van der Waals surface area contributed by atoms with E-state index >= 15 is 0 Å². The third-order valence-electron chi connectivity index (χ3n) is 3.75. The SMILES string of the molecule is CN=C(NCCCOCc1ccco1)NCCc1ccc(OC)cc1Cl. The van der Waals surface area contributed by atoms with Gasteiger partial charge in [0, 0.05) is 31.8 Å². The molecule has 0 radical (unpaired) electrons. The quantitative estimate of drug-likeness (QED) is 0.377. The van der Waals surface area contributed by atoms with Crippen molar-refractivity contribution < 1.29 is 13.9 Å². The van der Waals surface area contributed by atoms with E-state index in [1.807, 2.05) is 30.3 Å². The van der Waals surface area contributed by atoms with Gasteiger partial charge >= 0.3 is 0 Å². The molecular formula is C19H26ClN3O3. The van der Waals surface area contributed by atoms with Gasteiger partial charge in [0.15, 0.2) is 5.96 Å². The van der Waals surface area contributed by atoms with Crippen molar-refractivity contribution in [2.24, 2.45) is 4.99 Å². The molecule has 0 fully saturated rings. The molecule has 142 valence electrons. The van der Waals surface area contributed by atoms with Gasteiger partial charge in [-0.15, -0.1) is 0 Å². The minimum atomic E-state index is 0.503. The number of methoxy groups -OCH3 is 1. The van der Waals surface area contributed by atoms with Crippen LogP contribution in [0.1, 0.15) is 17.7 Å². The van der Waals surface area contributed by atoms with Crippen molar-refractivity contribution in [3.8, 4) is 5.75 Å². The van der Waals surface area contributed by atoms with Crippen LogP contribution >= 0.6 is 11.6 Å². The maximum absolute atomic E-state index is 6.25. The van der Waals surface area contributed by atoms with Crippen LogP contribution in [0, 0.1) is 0 Å². The molecule has 0 spiro atoms. The Hall–Kier alpha value is -2.18. The third-order valence-corrected chi connectivity index (χ3v) is 4.10. The molecule has 0 amide bonds. The van der Waals surface area contributed by atoms with E-state index < -0.39 is 0 Å². The molecular weight excluding hydrogens is 354 g/mol. The number of rotatable bonds is 10. The predicted octanol–water partition coefficient (Wildman–Crippen LogP) is 3.26. The zero-order valence-electron chi connectivity index (χ0n) is 15.3. The van der Waals surface area contributed by atoms with Crippen LogP contribution in [0.15, 0.2) is 46.0 Å². The minimum absolute atomic E-state index is 0.503. The van der Waals surface area contributed by atoms with Crippen molar-refractivity contribution >= 4 is 17.6 Å². The van der Waals surface area contributed by atoms with E-state index in [0.717, 1.165) is 49.0 Å². The van der Waals surface area contributed by atoms with Crippen LogP contribution in [-0.2, 0) is 17.8 Å². The molecule has 0 aliphatic heterocycles. The molecule has 1 aromatic heterocycles. The summed E-state index contributed by atoms with van der Waals surface area (Å²) in [4.78, 5) is 4.21. The number of halogens is 1. The first-order valence-corrected chi connectivity index (χ1v) is 8.97. The van der Waals surface area contributed by atoms with Crippen molar-refractivity contribution in [1.29, 1.82) is 0 Å². The first-order chi connectivity index (χ1) is 12.7. The number of aliphatic imine (C=N–C) groups is 1. The highest BCUT2D eigenvalue weighted by Gasteiger charge is 2.03. The first kappa shape index (κ1) is 20.1. The summed E-state index contributed by atoms with van der Waals surface area (Å²) in [7, 11) is 3.38. The molecule has 1 heterocycles. The summed E-state index contributed by atoms with van der Waals surface area (Å²) < 4.78 is 15.9. The molecule has 0 aliphatic rings. The summed E-state index contributed by atoms with van der Waals surface area (Å²) in [5.74, 6) is 2.37. The highest BCUT2D eigenvalue weighted by atomic mass is 35.5. The Kier molecular flexibility index (Phi) is 8.86. The van der Waals surface area contributed by atoms with Crippen LogP contribution in [-0.4, -0.2) is 39.8 Å². The Bertz CT molecular complexity index is 675. The monoisotopic (exact) mass is 379 g/mol. The van der Waals surface area contributed by atoms with Gasteiger partial charge in [-0.25, -0.2) is 0 Å². The van der Waals surface area contributed by atoms with E-state index in [1.54, 1.807) is 20.4 Å². The molecule has 0 unspecified atom stereocenters. The van der Waals surface area contributed by atoms with Gasteiger partial charge in [0.1, 0.15) is 18.1 Å². The van der Waals surface area contributed by atoms with E-state index in [-0.39, 0.29) is 0 Å². The number of nitrogens with zero attached hydrogens (tertiary/aromatic N) is 1. The second-order valence-corrected chi connectivity index (χ2v) is 6.03. The average Bonchev–Trinajstić information content (AvgIpc) is 3.17. The topological polar surface area (TPSA) is 68.0 Å². The van der Waals surface area contributed by atoms with Crippen LogP contribution < -0.4 is 15.4 Å². The Morgan fingerprint density at radius 3 is 2.77 bits per heavy atom. The van der Waals surface area contributed by atoms with E-state index in [1.165, 1.54) is 0 Å². The molecule has 1 aromatic carbocycles. The van der Waals surface area contributed by atoms with E-state index in [9.17, 15) is 0 Å². The number of guanidine groups is 1. The first-order valence-electron chi connectivity index (χ1n) is 8.60.